The van der Waals surface area contributed by atoms with Crippen LogP contribution in [0.4, 0.5) is 0 Å². The van der Waals surface area contributed by atoms with Crippen molar-refractivity contribution < 1.29 is 0 Å². The van der Waals surface area contributed by atoms with Crippen LogP contribution in [0.25, 0.3) is 50.6 Å². The van der Waals surface area contributed by atoms with Gasteiger partial charge in [0.15, 0.2) is 17.5 Å². The van der Waals surface area contributed by atoms with E-state index in [9.17, 15) is 0 Å². The SMILES string of the molecule is N=C1C=CC=C/C1=C1\C=CC(c2nc(-c3ccc(-c4ccccc4)cc3)nc(-c3ccc(-c4ccccc4)cc3)n2)=CN1. The molecule has 0 spiro atoms. The van der Waals surface area contributed by atoms with E-state index in [1.54, 1.807) is 6.08 Å². The molecule has 0 fully saturated rings. The molecule has 43 heavy (non-hydrogen) atoms. The van der Waals surface area contributed by atoms with Crippen LogP contribution in [0.5, 0.6) is 0 Å². The number of hydrogen-bond acceptors (Lipinski definition) is 5. The van der Waals surface area contributed by atoms with Crippen LogP contribution in [0.3, 0.4) is 0 Å². The minimum absolute atomic E-state index is 0.467. The second-order valence-corrected chi connectivity index (χ2v) is 10.2. The van der Waals surface area contributed by atoms with Crippen molar-refractivity contribution in [2.45, 2.75) is 0 Å². The van der Waals surface area contributed by atoms with Gasteiger partial charge >= 0.3 is 0 Å². The zero-order valence-corrected chi connectivity index (χ0v) is 23.3. The number of allylic oxidation sites excluding steroid dienone is 8. The summed E-state index contributed by atoms with van der Waals surface area (Å²) in [5.74, 6) is 1.78. The number of benzene rings is 4. The molecule has 1 aromatic heterocycles. The van der Waals surface area contributed by atoms with Gasteiger partial charge in [0.1, 0.15) is 0 Å². The van der Waals surface area contributed by atoms with Gasteiger partial charge in [-0.15, -0.1) is 0 Å². The van der Waals surface area contributed by atoms with Gasteiger partial charge in [0, 0.05) is 34.2 Å². The van der Waals surface area contributed by atoms with E-state index in [4.69, 9.17) is 20.4 Å². The molecule has 1 aliphatic carbocycles. The van der Waals surface area contributed by atoms with Gasteiger partial charge in [0.25, 0.3) is 0 Å². The minimum atomic E-state index is 0.467. The maximum Gasteiger partial charge on any atom is 0.165 e. The van der Waals surface area contributed by atoms with E-state index in [-0.39, 0.29) is 0 Å². The Kier molecular flexibility index (Phi) is 6.96. The van der Waals surface area contributed by atoms with E-state index < -0.39 is 0 Å². The zero-order valence-electron chi connectivity index (χ0n) is 23.3. The van der Waals surface area contributed by atoms with Crippen molar-refractivity contribution in [3.8, 4) is 45.0 Å². The number of hydrogen-bond donors (Lipinski definition) is 2. The van der Waals surface area contributed by atoms with E-state index in [1.807, 2.05) is 73.0 Å². The Hall–Kier alpha value is -5.94. The van der Waals surface area contributed by atoms with Crippen LogP contribution >= 0.6 is 0 Å². The molecule has 5 heteroatoms. The number of nitrogens with zero attached hydrogens (tertiary/aromatic N) is 3. The maximum atomic E-state index is 8.26. The first-order valence-electron chi connectivity index (χ1n) is 14.1. The molecule has 2 aliphatic rings. The van der Waals surface area contributed by atoms with E-state index in [2.05, 4.69) is 78.1 Å². The van der Waals surface area contributed by atoms with Crippen molar-refractivity contribution in [2.24, 2.45) is 0 Å². The molecule has 0 unspecified atom stereocenters. The topological polar surface area (TPSA) is 74.5 Å². The summed E-state index contributed by atoms with van der Waals surface area (Å²) in [6, 6.07) is 37.3. The van der Waals surface area contributed by atoms with Gasteiger partial charge in [-0.05, 0) is 40.5 Å². The molecule has 0 amide bonds. The lowest BCUT2D eigenvalue weighted by Gasteiger charge is -2.16. The summed E-state index contributed by atoms with van der Waals surface area (Å²) < 4.78 is 0. The van der Waals surface area contributed by atoms with Crippen molar-refractivity contribution in [1.29, 1.82) is 5.41 Å². The fraction of sp³-hybridized carbons (Fsp3) is 0. The molecule has 5 nitrogen and oxygen atoms in total. The highest BCUT2D eigenvalue weighted by molar-refractivity contribution is 6.10. The van der Waals surface area contributed by atoms with Gasteiger partial charge in [0.05, 0.1) is 5.71 Å². The summed E-state index contributed by atoms with van der Waals surface area (Å²) in [7, 11) is 0. The first kappa shape index (κ1) is 26.0. The van der Waals surface area contributed by atoms with Crippen LogP contribution in [0.1, 0.15) is 5.82 Å². The lowest BCUT2D eigenvalue weighted by molar-refractivity contribution is 1.02. The molecule has 4 aromatic carbocycles. The predicted molar refractivity (Wildman–Crippen MR) is 175 cm³/mol. The third-order valence-electron chi connectivity index (χ3n) is 7.42. The maximum absolute atomic E-state index is 8.26. The molecule has 2 heterocycles. The second kappa shape index (κ2) is 11.5. The summed E-state index contributed by atoms with van der Waals surface area (Å²) in [5, 5.41) is 11.6. The van der Waals surface area contributed by atoms with Crippen molar-refractivity contribution in [2.75, 3.05) is 0 Å². The normalized spacial score (nSPS) is 15.7. The highest BCUT2D eigenvalue weighted by Crippen LogP contribution is 2.29. The Bertz CT molecular complexity index is 1860. The molecule has 0 saturated carbocycles. The molecular formula is C38H27N5. The Morgan fingerprint density at radius 3 is 1.40 bits per heavy atom. The van der Waals surface area contributed by atoms with Crippen molar-refractivity contribution in [1.82, 2.24) is 20.3 Å². The Morgan fingerprint density at radius 2 is 0.907 bits per heavy atom. The van der Waals surface area contributed by atoms with Crippen LogP contribution in [0.2, 0.25) is 0 Å². The minimum Gasteiger partial charge on any atom is -0.360 e. The molecule has 0 atom stereocenters. The Labute approximate surface area is 250 Å². The molecule has 0 bridgehead atoms. The highest BCUT2D eigenvalue weighted by atomic mass is 15.0. The number of nitrogens with one attached hydrogen (secondary N) is 2. The molecule has 0 saturated heterocycles. The lowest BCUT2D eigenvalue weighted by atomic mass is 10.0. The van der Waals surface area contributed by atoms with Crippen molar-refractivity contribution in [3.05, 3.63) is 169 Å². The van der Waals surface area contributed by atoms with Crippen LogP contribution in [-0.2, 0) is 0 Å². The summed E-state index contributed by atoms with van der Waals surface area (Å²) in [6.07, 6.45) is 13.4. The summed E-state index contributed by atoms with van der Waals surface area (Å²) in [5.41, 5.74) is 9.41. The lowest BCUT2D eigenvalue weighted by Crippen LogP contribution is -2.15. The van der Waals surface area contributed by atoms with E-state index in [0.29, 0.717) is 23.2 Å². The van der Waals surface area contributed by atoms with Crippen LogP contribution < -0.4 is 5.32 Å². The summed E-state index contributed by atoms with van der Waals surface area (Å²) >= 11 is 0. The third kappa shape index (κ3) is 5.52. The van der Waals surface area contributed by atoms with Crippen LogP contribution in [0.15, 0.2) is 163 Å². The van der Waals surface area contributed by atoms with E-state index >= 15 is 0 Å². The fourth-order valence-corrected chi connectivity index (χ4v) is 5.10. The summed E-state index contributed by atoms with van der Waals surface area (Å²) in [4.78, 5) is 14.7. The van der Waals surface area contributed by atoms with Crippen LogP contribution in [0, 0.1) is 5.41 Å². The molecule has 2 N–H and O–H groups in total. The molecular weight excluding hydrogens is 526 g/mol. The largest absolute Gasteiger partial charge is 0.360 e. The Balaban J connectivity index is 1.27. The smallest absolute Gasteiger partial charge is 0.165 e. The molecule has 1 aliphatic heterocycles. The Morgan fingerprint density at radius 1 is 0.442 bits per heavy atom. The van der Waals surface area contributed by atoms with Gasteiger partial charge in [-0.2, -0.15) is 0 Å². The standard InChI is InChI=1S/C38H27N5/c39-34-14-8-7-13-33(34)35-24-23-32(25-40-35)38-42-36(30-19-15-28(16-20-30)26-9-3-1-4-10-26)41-37(43-38)31-21-17-29(18-22-31)27-11-5-2-6-12-27/h1-25,39-40H/b35-33-,39-34?. The van der Waals surface area contributed by atoms with Gasteiger partial charge in [-0.25, -0.2) is 15.0 Å². The fourth-order valence-electron chi connectivity index (χ4n) is 5.10. The van der Waals surface area contributed by atoms with E-state index in [1.165, 1.54) is 0 Å². The second-order valence-electron chi connectivity index (χ2n) is 10.2. The van der Waals surface area contributed by atoms with E-state index in [0.717, 1.165) is 50.2 Å². The third-order valence-corrected chi connectivity index (χ3v) is 7.42. The summed E-state index contributed by atoms with van der Waals surface area (Å²) in [6.45, 7) is 0. The van der Waals surface area contributed by atoms with Gasteiger partial charge in [-0.1, -0.05) is 127 Å². The van der Waals surface area contributed by atoms with Crippen LogP contribution in [-0.4, -0.2) is 20.7 Å². The zero-order chi connectivity index (χ0) is 29.0. The highest BCUT2D eigenvalue weighted by Gasteiger charge is 2.16. The number of aromatic nitrogens is 3. The predicted octanol–water partition coefficient (Wildman–Crippen LogP) is 8.44. The van der Waals surface area contributed by atoms with Gasteiger partial charge < -0.3 is 10.7 Å². The average Bonchev–Trinajstić information content (AvgIpc) is 3.09. The monoisotopic (exact) mass is 553 g/mol. The average molecular weight is 554 g/mol. The van der Waals surface area contributed by atoms with Gasteiger partial charge in [0.2, 0.25) is 0 Å². The molecule has 0 radical (unpaired) electrons. The van der Waals surface area contributed by atoms with Crippen molar-refractivity contribution in [3.63, 3.8) is 0 Å². The molecule has 7 rings (SSSR count). The first-order valence-corrected chi connectivity index (χ1v) is 14.1. The first-order chi connectivity index (χ1) is 21.2. The van der Waals surface area contributed by atoms with Crippen molar-refractivity contribution >= 4 is 11.3 Å². The molecule has 5 aromatic rings. The van der Waals surface area contributed by atoms with Gasteiger partial charge in [-0.3, -0.25) is 0 Å². The molecule has 204 valence electrons. The number of rotatable bonds is 5. The number of dihydropyridines is 1. The quantitative estimate of drug-likeness (QED) is 0.229.